The molecule has 0 aliphatic carbocycles. The molecule has 0 unspecified atom stereocenters. The molecule has 3 nitrogen and oxygen atoms in total. The van der Waals surface area contributed by atoms with Crippen molar-refractivity contribution in [2.45, 2.75) is 0 Å². The van der Waals surface area contributed by atoms with Crippen molar-refractivity contribution in [1.82, 2.24) is 5.32 Å². The van der Waals surface area contributed by atoms with Crippen LogP contribution in [0.4, 0.5) is 0 Å². The van der Waals surface area contributed by atoms with Crippen molar-refractivity contribution in [2.75, 3.05) is 13.1 Å². The lowest BCUT2D eigenvalue weighted by Crippen LogP contribution is -2.30. The van der Waals surface area contributed by atoms with Crippen LogP contribution >= 0.6 is 23.2 Å². The van der Waals surface area contributed by atoms with Crippen LogP contribution in [0.1, 0.15) is 5.56 Å². The molecule has 0 saturated heterocycles. The molecule has 0 aliphatic heterocycles. The number of carbonyl (C=O) groups excluding carboxylic acids is 1. The summed E-state index contributed by atoms with van der Waals surface area (Å²) in [5, 5.41) is 3.62. The van der Waals surface area contributed by atoms with Crippen molar-refractivity contribution in [3.8, 4) is 11.8 Å². The van der Waals surface area contributed by atoms with Crippen LogP contribution in [0.2, 0.25) is 10.0 Å². The van der Waals surface area contributed by atoms with Crippen LogP contribution in [0.15, 0.2) is 18.2 Å². The average Bonchev–Trinajstić information content (AvgIpc) is 2.28. The molecule has 0 radical (unpaired) electrons. The van der Waals surface area contributed by atoms with Gasteiger partial charge in [0.2, 0.25) is 5.91 Å². The van der Waals surface area contributed by atoms with Gasteiger partial charge in [0.25, 0.3) is 0 Å². The first kappa shape index (κ1) is 12.9. The van der Waals surface area contributed by atoms with Crippen molar-refractivity contribution < 1.29 is 4.79 Å². The van der Waals surface area contributed by atoms with Gasteiger partial charge in [0.05, 0.1) is 18.1 Å². The van der Waals surface area contributed by atoms with E-state index in [1.165, 1.54) is 0 Å². The Morgan fingerprint density at radius 3 is 2.88 bits per heavy atom. The van der Waals surface area contributed by atoms with Crippen LogP contribution in [0.3, 0.4) is 0 Å². The molecule has 0 atom stereocenters. The van der Waals surface area contributed by atoms with Gasteiger partial charge in [-0.05, 0) is 18.2 Å². The Morgan fingerprint density at radius 1 is 1.44 bits per heavy atom. The molecule has 1 amide bonds. The van der Waals surface area contributed by atoms with Gasteiger partial charge < -0.3 is 11.1 Å². The van der Waals surface area contributed by atoms with Crippen LogP contribution in [-0.4, -0.2) is 19.0 Å². The SMILES string of the molecule is NCC(=O)NCC#Cc1cc(Cl)ccc1Cl. The predicted molar refractivity (Wildman–Crippen MR) is 65.4 cm³/mol. The maximum absolute atomic E-state index is 10.8. The number of rotatable bonds is 2. The first-order valence-electron chi connectivity index (χ1n) is 4.54. The van der Waals surface area contributed by atoms with Crippen LogP contribution in [-0.2, 0) is 4.79 Å². The topological polar surface area (TPSA) is 55.1 Å². The molecule has 84 valence electrons. The molecule has 1 rings (SSSR count). The summed E-state index contributed by atoms with van der Waals surface area (Å²) in [5.74, 6) is 5.32. The molecule has 3 N–H and O–H groups in total. The molecule has 16 heavy (non-hydrogen) atoms. The minimum absolute atomic E-state index is 0.0421. The summed E-state index contributed by atoms with van der Waals surface area (Å²) in [7, 11) is 0. The van der Waals surface area contributed by atoms with Gasteiger partial charge >= 0.3 is 0 Å². The van der Waals surface area contributed by atoms with Crippen LogP contribution in [0, 0.1) is 11.8 Å². The number of nitrogens with one attached hydrogen (secondary N) is 1. The lowest BCUT2D eigenvalue weighted by Gasteiger charge is -1.97. The smallest absolute Gasteiger partial charge is 0.234 e. The Hall–Kier alpha value is -1.21. The maximum atomic E-state index is 10.8. The fourth-order valence-corrected chi connectivity index (χ4v) is 1.28. The van der Waals surface area contributed by atoms with E-state index in [9.17, 15) is 4.79 Å². The summed E-state index contributed by atoms with van der Waals surface area (Å²) >= 11 is 11.7. The minimum Gasteiger partial charge on any atom is -0.344 e. The summed E-state index contributed by atoms with van der Waals surface area (Å²) in [4.78, 5) is 10.8. The van der Waals surface area contributed by atoms with Crippen molar-refractivity contribution in [3.63, 3.8) is 0 Å². The third-order valence-electron chi connectivity index (χ3n) is 1.71. The second-order valence-corrected chi connectivity index (χ2v) is 3.75. The van der Waals surface area contributed by atoms with Gasteiger partial charge in [-0.2, -0.15) is 0 Å². The van der Waals surface area contributed by atoms with Crippen LogP contribution < -0.4 is 11.1 Å². The number of carbonyl (C=O) groups is 1. The van der Waals surface area contributed by atoms with Gasteiger partial charge in [-0.25, -0.2) is 0 Å². The van der Waals surface area contributed by atoms with Crippen molar-refractivity contribution in [2.24, 2.45) is 5.73 Å². The average molecular weight is 257 g/mol. The van der Waals surface area contributed by atoms with Gasteiger partial charge in [-0.1, -0.05) is 35.0 Å². The number of amides is 1. The number of halogens is 2. The summed E-state index contributed by atoms with van der Waals surface area (Å²) in [5.41, 5.74) is 5.75. The molecule has 1 aromatic carbocycles. The second kappa shape index (κ2) is 6.39. The molecule has 1 aromatic rings. The molecular weight excluding hydrogens is 247 g/mol. The van der Waals surface area contributed by atoms with E-state index < -0.39 is 0 Å². The van der Waals surface area contributed by atoms with Crippen molar-refractivity contribution >= 4 is 29.1 Å². The molecule has 0 spiro atoms. The van der Waals surface area contributed by atoms with E-state index >= 15 is 0 Å². The number of hydrogen-bond donors (Lipinski definition) is 2. The second-order valence-electron chi connectivity index (χ2n) is 2.91. The van der Waals surface area contributed by atoms with Gasteiger partial charge in [-0.3, -0.25) is 4.79 Å². The normalized spacial score (nSPS) is 9.19. The zero-order valence-corrected chi connectivity index (χ0v) is 9.90. The van der Waals surface area contributed by atoms with Gasteiger partial charge in [-0.15, -0.1) is 0 Å². The lowest BCUT2D eigenvalue weighted by molar-refractivity contribution is -0.119. The largest absolute Gasteiger partial charge is 0.344 e. The molecule has 0 aromatic heterocycles. The standard InChI is InChI=1S/C11H10Cl2N2O/c12-9-3-4-10(13)8(6-9)2-1-5-15-11(16)7-14/h3-4,6H,5,7,14H2,(H,15,16). The quantitative estimate of drug-likeness (QED) is 0.787. The summed E-state index contributed by atoms with van der Waals surface area (Å²) in [6.07, 6.45) is 0. The highest BCUT2D eigenvalue weighted by atomic mass is 35.5. The van der Waals surface area contributed by atoms with Gasteiger partial charge in [0, 0.05) is 10.6 Å². The molecule has 0 heterocycles. The zero-order chi connectivity index (χ0) is 12.0. The van der Waals surface area contributed by atoms with E-state index in [4.69, 9.17) is 28.9 Å². The first-order chi connectivity index (χ1) is 7.63. The Balaban J connectivity index is 2.62. The van der Waals surface area contributed by atoms with Gasteiger partial charge in [0.1, 0.15) is 0 Å². The third-order valence-corrected chi connectivity index (χ3v) is 2.28. The molecule has 0 saturated carbocycles. The number of hydrogen-bond acceptors (Lipinski definition) is 2. The predicted octanol–water partition coefficient (Wildman–Crippen LogP) is 1.42. The van der Waals surface area contributed by atoms with Crippen molar-refractivity contribution in [3.05, 3.63) is 33.8 Å². The van der Waals surface area contributed by atoms with Gasteiger partial charge in [0.15, 0.2) is 0 Å². The van der Waals surface area contributed by atoms with E-state index in [-0.39, 0.29) is 19.0 Å². The first-order valence-corrected chi connectivity index (χ1v) is 5.29. The maximum Gasteiger partial charge on any atom is 0.234 e. The molecule has 0 aliphatic rings. The monoisotopic (exact) mass is 256 g/mol. The van der Waals surface area contributed by atoms with E-state index in [1.54, 1.807) is 18.2 Å². The molecule has 5 heteroatoms. The zero-order valence-electron chi connectivity index (χ0n) is 8.39. The fourth-order valence-electron chi connectivity index (χ4n) is 0.948. The Labute approximate surface area is 104 Å². The molecular formula is C11H10Cl2N2O. The van der Waals surface area contributed by atoms with E-state index in [0.29, 0.717) is 15.6 Å². The van der Waals surface area contributed by atoms with E-state index in [0.717, 1.165) is 0 Å². The van der Waals surface area contributed by atoms with E-state index in [1.807, 2.05) is 0 Å². The minimum atomic E-state index is -0.244. The molecule has 0 fully saturated rings. The Kier molecular flexibility index (Phi) is 5.13. The Morgan fingerprint density at radius 2 is 2.19 bits per heavy atom. The lowest BCUT2D eigenvalue weighted by atomic mass is 10.2. The summed E-state index contributed by atoms with van der Waals surface area (Å²) < 4.78 is 0. The highest BCUT2D eigenvalue weighted by molar-refractivity contribution is 6.33. The number of nitrogens with two attached hydrogens (primary N) is 1. The third kappa shape index (κ3) is 4.11. The summed E-state index contributed by atoms with van der Waals surface area (Å²) in [6.45, 7) is 0.193. The fraction of sp³-hybridized carbons (Fsp3) is 0.182. The van der Waals surface area contributed by atoms with Crippen LogP contribution in [0.5, 0.6) is 0 Å². The summed E-state index contributed by atoms with van der Waals surface area (Å²) in [6, 6.07) is 5.03. The van der Waals surface area contributed by atoms with Crippen molar-refractivity contribution in [1.29, 1.82) is 0 Å². The van der Waals surface area contributed by atoms with Crippen LogP contribution in [0.25, 0.3) is 0 Å². The Bertz CT molecular complexity index is 449. The van der Waals surface area contributed by atoms with E-state index in [2.05, 4.69) is 17.2 Å². The molecule has 0 bridgehead atoms. The number of benzene rings is 1. The highest BCUT2D eigenvalue weighted by Crippen LogP contribution is 2.19. The highest BCUT2D eigenvalue weighted by Gasteiger charge is 1.97.